The van der Waals surface area contributed by atoms with Gasteiger partial charge in [0.05, 0.1) is 16.6 Å². The maximum atomic E-state index is 12.5. The largest absolute Gasteiger partial charge is 0.372 e. The van der Waals surface area contributed by atoms with Crippen LogP contribution in [0.1, 0.15) is 13.8 Å². The summed E-state index contributed by atoms with van der Waals surface area (Å²) < 4.78 is 0. The van der Waals surface area contributed by atoms with Crippen molar-refractivity contribution < 1.29 is 0 Å². The minimum absolute atomic E-state index is 0.121. The molecule has 2 aromatic rings. The molecule has 1 aromatic heterocycles. The van der Waals surface area contributed by atoms with Crippen molar-refractivity contribution in [1.29, 1.82) is 0 Å². The summed E-state index contributed by atoms with van der Waals surface area (Å²) in [5, 5.41) is 0. The Bertz CT molecular complexity index is 1060. The van der Waals surface area contributed by atoms with Crippen LogP contribution in [0.3, 0.4) is 0 Å². The first-order valence-electron chi connectivity index (χ1n) is 8.57. The molecule has 0 unspecified atom stereocenters. The van der Waals surface area contributed by atoms with Crippen molar-refractivity contribution >= 4 is 16.7 Å². The van der Waals surface area contributed by atoms with Gasteiger partial charge in [0.2, 0.25) is 0 Å². The molecule has 0 bridgehead atoms. The summed E-state index contributed by atoms with van der Waals surface area (Å²) in [5.74, 6) is 0.606. The number of fused-ring (bicyclic) bond motifs is 2. The fourth-order valence-corrected chi connectivity index (χ4v) is 3.32. The number of hydrogen-bond donors (Lipinski definition) is 2. The third-order valence-corrected chi connectivity index (χ3v) is 4.61. The smallest absolute Gasteiger partial charge is 0.260 e. The van der Waals surface area contributed by atoms with Crippen molar-refractivity contribution in [2.45, 2.75) is 13.8 Å². The highest BCUT2D eigenvalue weighted by atomic mass is 16.1. The molecule has 25 heavy (non-hydrogen) atoms. The number of rotatable bonds is 4. The van der Waals surface area contributed by atoms with E-state index in [9.17, 15) is 4.79 Å². The molecule has 0 spiro atoms. The molecule has 126 valence electrons. The predicted octanol–water partition coefficient (Wildman–Crippen LogP) is 3.87. The molecular formula is C20H20N4O. The molecule has 1 aromatic carbocycles. The Balaban J connectivity index is 1.87. The Morgan fingerprint density at radius 2 is 1.80 bits per heavy atom. The first-order chi connectivity index (χ1) is 12.2. The Hall–Kier alpha value is -3.08. The number of hydrogen-bond acceptors (Lipinski definition) is 3. The molecule has 0 saturated carbocycles. The van der Waals surface area contributed by atoms with E-state index in [4.69, 9.17) is 0 Å². The summed E-state index contributed by atoms with van der Waals surface area (Å²) >= 11 is 0. The zero-order chi connectivity index (χ0) is 17.4. The van der Waals surface area contributed by atoms with E-state index in [0.29, 0.717) is 11.4 Å². The molecule has 1 aliphatic carbocycles. The van der Waals surface area contributed by atoms with Crippen LogP contribution in [0, 0.1) is 0 Å². The van der Waals surface area contributed by atoms with Gasteiger partial charge in [0, 0.05) is 30.0 Å². The van der Waals surface area contributed by atoms with Crippen molar-refractivity contribution in [3.05, 3.63) is 58.9 Å². The molecule has 0 fully saturated rings. The van der Waals surface area contributed by atoms with Gasteiger partial charge in [-0.3, -0.25) is 4.79 Å². The second-order valence-electron chi connectivity index (χ2n) is 6.03. The highest BCUT2D eigenvalue weighted by Crippen LogP contribution is 2.30. The zero-order valence-electron chi connectivity index (χ0n) is 14.3. The van der Waals surface area contributed by atoms with Crippen LogP contribution >= 0.6 is 0 Å². The SMILES string of the molecule is CCN(CC)c1ccc2nc(-c3c4cccccc-4[nH]c3=O)[nH]c2c1. The summed E-state index contributed by atoms with van der Waals surface area (Å²) in [6.07, 6.45) is 0. The normalized spacial score (nSPS) is 11.3. The van der Waals surface area contributed by atoms with Crippen molar-refractivity contribution in [3.63, 3.8) is 0 Å². The molecule has 1 aliphatic heterocycles. The van der Waals surface area contributed by atoms with E-state index in [1.165, 1.54) is 0 Å². The highest BCUT2D eigenvalue weighted by Gasteiger charge is 2.18. The van der Waals surface area contributed by atoms with Gasteiger partial charge in [0.1, 0.15) is 5.82 Å². The number of anilines is 1. The zero-order valence-corrected chi connectivity index (χ0v) is 14.3. The average molecular weight is 332 g/mol. The lowest BCUT2D eigenvalue weighted by Crippen LogP contribution is -2.21. The third kappa shape index (κ3) is 2.58. The van der Waals surface area contributed by atoms with E-state index in [-0.39, 0.29) is 5.56 Å². The lowest BCUT2D eigenvalue weighted by atomic mass is 10.1. The van der Waals surface area contributed by atoms with Gasteiger partial charge in [-0.25, -0.2) is 4.98 Å². The maximum absolute atomic E-state index is 12.5. The van der Waals surface area contributed by atoms with Gasteiger partial charge in [-0.15, -0.1) is 0 Å². The van der Waals surface area contributed by atoms with Crippen molar-refractivity contribution in [2.24, 2.45) is 0 Å². The van der Waals surface area contributed by atoms with Crippen molar-refractivity contribution in [2.75, 3.05) is 18.0 Å². The van der Waals surface area contributed by atoms with Gasteiger partial charge in [-0.1, -0.05) is 24.3 Å². The van der Waals surface area contributed by atoms with Gasteiger partial charge >= 0.3 is 0 Å². The van der Waals surface area contributed by atoms with Crippen LogP contribution in [0.2, 0.25) is 0 Å². The van der Waals surface area contributed by atoms with Gasteiger partial charge < -0.3 is 14.9 Å². The lowest BCUT2D eigenvalue weighted by molar-refractivity contribution is 0.867. The molecule has 2 heterocycles. The molecule has 5 nitrogen and oxygen atoms in total. The predicted molar refractivity (Wildman–Crippen MR) is 102 cm³/mol. The Morgan fingerprint density at radius 3 is 2.60 bits per heavy atom. The minimum atomic E-state index is -0.121. The van der Waals surface area contributed by atoms with E-state index in [1.54, 1.807) is 0 Å². The summed E-state index contributed by atoms with van der Waals surface area (Å²) in [6, 6.07) is 15.8. The Morgan fingerprint density at radius 1 is 1.00 bits per heavy atom. The van der Waals surface area contributed by atoms with Gasteiger partial charge in [0.25, 0.3) is 5.56 Å². The van der Waals surface area contributed by atoms with E-state index in [2.05, 4.69) is 45.8 Å². The van der Waals surface area contributed by atoms with Crippen LogP contribution in [0.15, 0.2) is 53.3 Å². The molecule has 0 amide bonds. The number of imidazole rings is 1. The highest BCUT2D eigenvalue weighted by molar-refractivity contribution is 5.87. The standard InChI is InChI=1S/C20H20N4O/c1-3-24(4-2)13-10-11-16-17(12-13)22-19(21-16)18-14-8-6-5-7-9-15(14)23-20(18)25/h5-12H,3-4H2,1-2H3,(H,21,22)(H,23,25). The maximum Gasteiger partial charge on any atom is 0.260 e. The first kappa shape index (κ1) is 15.4. The van der Waals surface area contributed by atoms with Crippen molar-refractivity contribution in [3.8, 4) is 22.6 Å². The van der Waals surface area contributed by atoms with Gasteiger partial charge in [-0.05, 0) is 38.1 Å². The van der Waals surface area contributed by atoms with E-state index in [0.717, 1.165) is 41.1 Å². The molecule has 0 saturated heterocycles. The Labute approximate surface area is 145 Å². The third-order valence-electron chi connectivity index (χ3n) is 4.61. The van der Waals surface area contributed by atoms with Crippen LogP contribution in [0.4, 0.5) is 5.69 Å². The fourth-order valence-electron chi connectivity index (χ4n) is 3.32. The van der Waals surface area contributed by atoms with E-state index >= 15 is 0 Å². The molecule has 0 atom stereocenters. The van der Waals surface area contributed by atoms with E-state index < -0.39 is 0 Å². The summed E-state index contributed by atoms with van der Waals surface area (Å²) in [5.41, 5.74) is 5.11. The molecule has 5 heteroatoms. The van der Waals surface area contributed by atoms with Gasteiger partial charge in [0.15, 0.2) is 0 Å². The Kier molecular flexibility index (Phi) is 3.76. The van der Waals surface area contributed by atoms with Crippen LogP contribution in [0.25, 0.3) is 33.7 Å². The number of nitrogens with one attached hydrogen (secondary N) is 2. The fraction of sp³-hybridized carbons (Fsp3) is 0.200. The first-order valence-corrected chi connectivity index (χ1v) is 8.57. The molecule has 0 radical (unpaired) electrons. The number of aromatic amines is 2. The number of benzene rings is 1. The molecular weight excluding hydrogens is 312 g/mol. The average Bonchev–Trinajstić information content (AvgIpc) is 3.07. The van der Waals surface area contributed by atoms with Gasteiger partial charge in [-0.2, -0.15) is 0 Å². The van der Waals surface area contributed by atoms with Crippen LogP contribution < -0.4 is 10.5 Å². The summed E-state index contributed by atoms with van der Waals surface area (Å²) in [6.45, 7) is 6.18. The number of aromatic nitrogens is 3. The molecule has 2 N–H and O–H groups in total. The number of H-pyrrole nitrogens is 2. The lowest BCUT2D eigenvalue weighted by Gasteiger charge is -2.20. The van der Waals surface area contributed by atoms with E-state index in [1.807, 2.05) is 36.4 Å². The monoisotopic (exact) mass is 332 g/mol. The van der Waals surface area contributed by atoms with Crippen LogP contribution in [-0.2, 0) is 0 Å². The van der Waals surface area contributed by atoms with Crippen LogP contribution in [-0.4, -0.2) is 28.0 Å². The molecule has 4 rings (SSSR count). The topological polar surface area (TPSA) is 64.8 Å². The van der Waals surface area contributed by atoms with Crippen molar-refractivity contribution in [1.82, 2.24) is 15.0 Å². The second-order valence-corrected chi connectivity index (χ2v) is 6.03. The number of nitrogens with zero attached hydrogens (tertiary/aromatic N) is 2. The second kappa shape index (κ2) is 6.09. The summed E-state index contributed by atoms with van der Waals surface area (Å²) in [7, 11) is 0. The minimum Gasteiger partial charge on any atom is -0.372 e. The quantitative estimate of drug-likeness (QED) is 0.596. The molecule has 2 aliphatic rings. The van der Waals surface area contributed by atoms with Crippen LogP contribution in [0.5, 0.6) is 0 Å². The summed E-state index contributed by atoms with van der Waals surface area (Å²) in [4.78, 5) is 25.6.